The fourth-order valence-electron chi connectivity index (χ4n) is 9.95. The van der Waals surface area contributed by atoms with E-state index >= 15 is 0 Å². The summed E-state index contributed by atoms with van der Waals surface area (Å²) in [4.78, 5) is 0. The van der Waals surface area contributed by atoms with Crippen molar-refractivity contribution in [1.82, 2.24) is 0 Å². The first-order valence-electron chi connectivity index (χ1n) is 12.8. The maximum absolute atomic E-state index is 10.7. The monoisotopic (exact) mass is 400 g/mol. The molecule has 164 valence electrons. The van der Waals surface area contributed by atoms with E-state index in [1.807, 2.05) is 0 Å². The molecule has 0 aromatic heterocycles. The maximum Gasteiger partial charge on any atom is 0.0594 e. The summed E-state index contributed by atoms with van der Waals surface area (Å²) in [5.74, 6) is 7.96. The van der Waals surface area contributed by atoms with Gasteiger partial charge in [0.25, 0.3) is 0 Å². The molecule has 0 amide bonds. The topological polar surface area (TPSA) is 40.5 Å². The summed E-state index contributed by atoms with van der Waals surface area (Å²) >= 11 is 0. The van der Waals surface area contributed by atoms with Crippen molar-refractivity contribution in [2.75, 3.05) is 6.61 Å². The maximum atomic E-state index is 10.7. The lowest BCUT2D eigenvalue weighted by Crippen LogP contribution is -2.54. The number of rotatable bonds is 2. The summed E-state index contributed by atoms with van der Waals surface area (Å²) in [6.45, 7) is 11.7. The first kappa shape index (κ1) is 20.6. The van der Waals surface area contributed by atoms with E-state index in [-0.39, 0.29) is 11.5 Å². The third kappa shape index (κ3) is 3.02. The molecule has 0 aromatic rings. The van der Waals surface area contributed by atoms with Crippen molar-refractivity contribution in [2.24, 2.45) is 64.6 Å². The molecule has 0 heterocycles. The lowest BCUT2D eigenvalue weighted by molar-refractivity contribution is -0.134. The van der Waals surface area contributed by atoms with Gasteiger partial charge in [0, 0.05) is 6.61 Å². The molecule has 0 saturated heterocycles. The van der Waals surface area contributed by atoms with Crippen molar-refractivity contribution in [3.8, 4) is 0 Å². The van der Waals surface area contributed by atoms with Crippen molar-refractivity contribution in [1.29, 1.82) is 0 Å². The van der Waals surface area contributed by atoms with Crippen LogP contribution >= 0.6 is 0 Å². The van der Waals surface area contributed by atoms with E-state index < -0.39 is 0 Å². The van der Waals surface area contributed by atoms with E-state index in [0.717, 1.165) is 53.8 Å². The molecule has 0 spiro atoms. The van der Waals surface area contributed by atoms with Crippen LogP contribution in [0.2, 0.25) is 0 Å². The van der Waals surface area contributed by atoms with Gasteiger partial charge in [0.05, 0.1) is 6.10 Å². The Morgan fingerprint density at radius 3 is 2.07 bits per heavy atom. The number of aliphatic hydroxyl groups excluding tert-OH is 2. The molecule has 29 heavy (non-hydrogen) atoms. The van der Waals surface area contributed by atoms with Crippen molar-refractivity contribution in [3.63, 3.8) is 0 Å². The lowest BCUT2D eigenvalue weighted by atomic mass is 9.45. The van der Waals surface area contributed by atoms with Crippen LogP contribution in [0.3, 0.4) is 0 Å². The lowest BCUT2D eigenvalue weighted by Gasteiger charge is -2.60. The summed E-state index contributed by atoms with van der Waals surface area (Å²) in [6, 6.07) is 0. The zero-order valence-corrected chi connectivity index (χ0v) is 19.0. The van der Waals surface area contributed by atoms with E-state index in [1.165, 1.54) is 56.9 Å². The zero-order valence-electron chi connectivity index (χ0n) is 19.0. The minimum atomic E-state index is -0.0997. The van der Waals surface area contributed by atoms with Crippen LogP contribution in [-0.4, -0.2) is 22.9 Å². The first-order valence-corrected chi connectivity index (χ1v) is 12.8. The molecule has 2 nitrogen and oxygen atoms in total. The number of hydrogen-bond donors (Lipinski definition) is 2. The van der Waals surface area contributed by atoms with Crippen molar-refractivity contribution >= 4 is 0 Å². The molecule has 5 aliphatic rings. The minimum absolute atomic E-state index is 0.0997. The molecule has 5 saturated carbocycles. The molecule has 5 aliphatic carbocycles. The Labute approximate surface area is 178 Å². The van der Waals surface area contributed by atoms with Gasteiger partial charge >= 0.3 is 0 Å². The molecule has 5 rings (SSSR count). The second-order valence-corrected chi connectivity index (χ2v) is 12.4. The Kier molecular flexibility index (Phi) is 5.22. The Bertz CT molecular complexity index is 638. The highest BCUT2D eigenvalue weighted by atomic mass is 16.3. The largest absolute Gasteiger partial charge is 0.396 e. The second-order valence-electron chi connectivity index (χ2n) is 12.4. The quantitative estimate of drug-likeness (QED) is 0.585. The molecule has 0 bridgehead atoms. The highest BCUT2D eigenvalue weighted by Crippen LogP contribution is 2.65. The van der Waals surface area contributed by atoms with Gasteiger partial charge < -0.3 is 10.2 Å². The molecule has 2 heteroatoms. The fraction of sp³-hybridized carbons (Fsp3) is 0.926. The molecule has 2 N–H and O–H groups in total. The highest BCUT2D eigenvalue weighted by molar-refractivity contribution is 5.12. The van der Waals surface area contributed by atoms with Gasteiger partial charge in [-0.1, -0.05) is 26.0 Å². The van der Waals surface area contributed by atoms with Crippen LogP contribution < -0.4 is 0 Å². The smallest absolute Gasteiger partial charge is 0.0594 e. The average Bonchev–Trinajstić information content (AvgIpc) is 3.09. The van der Waals surface area contributed by atoms with Crippen LogP contribution in [0, 0.1) is 64.6 Å². The van der Waals surface area contributed by atoms with Crippen molar-refractivity contribution < 1.29 is 10.2 Å². The van der Waals surface area contributed by atoms with E-state index in [2.05, 4.69) is 27.4 Å². The van der Waals surface area contributed by atoms with Gasteiger partial charge in [-0.15, -0.1) is 0 Å². The van der Waals surface area contributed by atoms with Gasteiger partial charge in [-0.3, -0.25) is 0 Å². The fourth-order valence-corrected chi connectivity index (χ4v) is 9.95. The number of fused-ring (bicyclic) bond motifs is 7. The predicted octanol–water partition coefficient (Wildman–Crippen LogP) is 5.68. The Hall–Kier alpha value is -0.340. The van der Waals surface area contributed by atoms with Gasteiger partial charge in [0.2, 0.25) is 0 Å². The highest BCUT2D eigenvalue weighted by Gasteiger charge is 2.58. The summed E-state index contributed by atoms with van der Waals surface area (Å²) in [6.07, 6.45) is 11.7. The van der Waals surface area contributed by atoms with E-state index in [9.17, 15) is 10.2 Å². The average molecular weight is 401 g/mol. The van der Waals surface area contributed by atoms with E-state index in [0.29, 0.717) is 18.4 Å². The Balaban J connectivity index is 1.39. The van der Waals surface area contributed by atoms with Crippen molar-refractivity contribution in [3.05, 3.63) is 12.2 Å². The standard InChI is InChI=1S/C27H44O2/c1-15(2)23-13-16(14-28)17-5-6-20-18-9-11-24-21(10-12-25(29)27(24,3)4)19(18)7-8-22(20)26(17)23/h16-26,28-29H,1,5-14H2,2-4H3. The zero-order chi connectivity index (χ0) is 20.5. The van der Waals surface area contributed by atoms with Crippen LogP contribution in [0.5, 0.6) is 0 Å². The van der Waals surface area contributed by atoms with Crippen LogP contribution in [-0.2, 0) is 0 Å². The van der Waals surface area contributed by atoms with Gasteiger partial charge in [0.15, 0.2) is 0 Å². The van der Waals surface area contributed by atoms with Crippen LogP contribution in [0.4, 0.5) is 0 Å². The molecule has 11 atom stereocenters. The summed E-state index contributed by atoms with van der Waals surface area (Å²) < 4.78 is 0. The SMILES string of the molecule is C=C(C)C1CC(CO)C2CCC3C4CCC5C(CCC(O)C5(C)C)C4CCC3C12. The third-order valence-corrected chi connectivity index (χ3v) is 11.3. The summed E-state index contributed by atoms with van der Waals surface area (Å²) in [5, 5.41) is 20.7. The second kappa shape index (κ2) is 7.37. The van der Waals surface area contributed by atoms with Crippen LogP contribution in [0.1, 0.15) is 78.6 Å². The molecule has 0 radical (unpaired) electrons. The molecular formula is C27H44O2. The van der Waals surface area contributed by atoms with Gasteiger partial charge in [-0.2, -0.15) is 0 Å². The Morgan fingerprint density at radius 2 is 1.38 bits per heavy atom. The normalized spacial score (nSPS) is 53.3. The predicted molar refractivity (Wildman–Crippen MR) is 118 cm³/mol. The van der Waals surface area contributed by atoms with E-state index in [1.54, 1.807) is 0 Å². The summed E-state index contributed by atoms with van der Waals surface area (Å²) in [7, 11) is 0. The summed E-state index contributed by atoms with van der Waals surface area (Å²) in [5.41, 5.74) is 1.48. The van der Waals surface area contributed by atoms with Crippen molar-refractivity contribution in [2.45, 2.75) is 84.7 Å². The number of hydrogen-bond acceptors (Lipinski definition) is 2. The van der Waals surface area contributed by atoms with Crippen LogP contribution in [0.15, 0.2) is 12.2 Å². The molecular weight excluding hydrogens is 356 g/mol. The molecule has 5 fully saturated rings. The van der Waals surface area contributed by atoms with Gasteiger partial charge in [0.1, 0.15) is 0 Å². The third-order valence-electron chi connectivity index (χ3n) is 11.3. The van der Waals surface area contributed by atoms with Gasteiger partial charge in [-0.05, 0) is 129 Å². The number of aliphatic hydroxyl groups is 2. The first-order chi connectivity index (χ1) is 13.8. The molecule has 0 aliphatic heterocycles. The molecule has 0 aromatic carbocycles. The minimum Gasteiger partial charge on any atom is -0.396 e. The van der Waals surface area contributed by atoms with Gasteiger partial charge in [-0.25, -0.2) is 0 Å². The van der Waals surface area contributed by atoms with Crippen LogP contribution in [0.25, 0.3) is 0 Å². The Morgan fingerprint density at radius 1 is 0.828 bits per heavy atom. The van der Waals surface area contributed by atoms with E-state index in [4.69, 9.17) is 0 Å². The number of allylic oxidation sites excluding steroid dienone is 1. The molecule has 11 unspecified atom stereocenters.